The first-order valence-electron chi connectivity index (χ1n) is 8.96. The molecule has 4 nitrogen and oxygen atoms in total. The highest BCUT2D eigenvalue weighted by atomic mass is 16.2. The fraction of sp³-hybridized carbons (Fsp3) is 0.632. The SMILES string of the molecule is CC1CCCN1C(=O)CCN1C[C@@H](CN)[C@H](c2ccccc2)C1. The van der Waals surface area contributed by atoms with Gasteiger partial charge in [-0.15, -0.1) is 0 Å². The zero-order valence-electron chi connectivity index (χ0n) is 14.2. The van der Waals surface area contributed by atoms with E-state index in [-0.39, 0.29) is 0 Å². The molecule has 2 aliphatic rings. The Labute approximate surface area is 139 Å². The number of benzene rings is 1. The van der Waals surface area contributed by atoms with Gasteiger partial charge in [-0.1, -0.05) is 30.3 Å². The average molecular weight is 315 g/mol. The molecule has 3 rings (SSSR count). The highest BCUT2D eigenvalue weighted by molar-refractivity contribution is 5.77. The van der Waals surface area contributed by atoms with Gasteiger partial charge in [-0.25, -0.2) is 0 Å². The Morgan fingerprint density at radius 3 is 2.70 bits per heavy atom. The lowest BCUT2D eigenvalue weighted by Crippen LogP contribution is -2.36. The number of hydrogen-bond donors (Lipinski definition) is 1. The average Bonchev–Trinajstić information content (AvgIpc) is 3.19. The molecule has 4 heteroatoms. The van der Waals surface area contributed by atoms with Crippen molar-refractivity contribution in [3.8, 4) is 0 Å². The molecule has 0 bridgehead atoms. The van der Waals surface area contributed by atoms with E-state index in [0.29, 0.717) is 36.8 Å². The molecule has 1 amide bonds. The highest BCUT2D eigenvalue weighted by Gasteiger charge is 2.33. The largest absolute Gasteiger partial charge is 0.340 e. The summed E-state index contributed by atoms with van der Waals surface area (Å²) in [5.41, 5.74) is 7.38. The monoisotopic (exact) mass is 315 g/mol. The minimum Gasteiger partial charge on any atom is -0.340 e. The zero-order valence-corrected chi connectivity index (χ0v) is 14.2. The summed E-state index contributed by atoms with van der Waals surface area (Å²) < 4.78 is 0. The maximum absolute atomic E-state index is 12.4. The van der Waals surface area contributed by atoms with Crippen molar-refractivity contribution in [2.45, 2.75) is 38.1 Å². The molecule has 2 heterocycles. The third kappa shape index (κ3) is 3.75. The van der Waals surface area contributed by atoms with Crippen molar-refractivity contribution in [2.24, 2.45) is 11.7 Å². The van der Waals surface area contributed by atoms with Gasteiger partial charge in [0, 0.05) is 44.6 Å². The first-order chi connectivity index (χ1) is 11.2. The van der Waals surface area contributed by atoms with Gasteiger partial charge in [0.1, 0.15) is 0 Å². The van der Waals surface area contributed by atoms with Crippen LogP contribution in [-0.4, -0.2) is 54.5 Å². The summed E-state index contributed by atoms with van der Waals surface area (Å²) in [7, 11) is 0. The van der Waals surface area contributed by atoms with Crippen molar-refractivity contribution >= 4 is 5.91 Å². The molecular weight excluding hydrogens is 286 g/mol. The van der Waals surface area contributed by atoms with Crippen LogP contribution in [0.1, 0.15) is 37.7 Å². The molecule has 23 heavy (non-hydrogen) atoms. The Kier molecular flexibility index (Phi) is 5.34. The molecule has 2 aliphatic heterocycles. The zero-order chi connectivity index (χ0) is 16.2. The third-order valence-electron chi connectivity index (χ3n) is 5.56. The Balaban J connectivity index is 1.54. The summed E-state index contributed by atoms with van der Waals surface area (Å²) in [4.78, 5) is 16.9. The molecule has 2 saturated heterocycles. The van der Waals surface area contributed by atoms with Gasteiger partial charge in [0.2, 0.25) is 5.91 Å². The number of nitrogens with two attached hydrogens (primary N) is 1. The molecule has 1 unspecified atom stereocenters. The molecular formula is C19H29N3O. The highest BCUT2D eigenvalue weighted by Crippen LogP contribution is 2.32. The smallest absolute Gasteiger partial charge is 0.224 e. The Bertz CT molecular complexity index is 519. The molecule has 0 spiro atoms. The second-order valence-electron chi connectivity index (χ2n) is 7.10. The lowest BCUT2D eigenvalue weighted by Gasteiger charge is -2.23. The van der Waals surface area contributed by atoms with Crippen molar-refractivity contribution in [2.75, 3.05) is 32.7 Å². The predicted molar refractivity (Wildman–Crippen MR) is 93.2 cm³/mol. The quantitative estimate of drug-likeness (QED) is 0.905. The number of likely N-dealkylation sites (tertiary alicyclic amines) is 2. The van der Waals surface area contributed by atoms with Gasteiger partial charge in [0.25, 0.3) is 0 Å². The van der Waals surface area contributed by atoms with Crippen LogP contribution in [0.4, 0.5) is 0 Å². The topological polar surface area (TPSA) is 49.6 Å². The van der Waals surface area contributed by atoms with E-state index < -0.39 is 0 Å². The van der Waals surface area contributed by atoms with Crippen molar-refractivity contribution in [1.29, 1.82) is 0 Å². The molecule has 0 saturated carbocycles. The summed E-state index contributed by atoms with van der Waals surface area (Å²) in [6, 6.07) is 11.1. The van der Waals surface area contributed by atoms with E-state index in [2.05, 4.69) is 47.1 Å². The van der Waals surface area contributed by atoms with E-state index in [1.54, 1.807) is 0 Å². The molecule has 1 aromatic rings. The number of rotatable bonds is 5. The van der Waals surface area contributed by atoms with Gasteiger partial charge in [0.15, 0.2) is 0 Å². The second-order valence-corrected chi connectivity index (χ2v) is 7.10. The molecule has 3 atom stereocenters. The molecule has 0 aromatic heterocycles. The second kappa shape index (κ2) is 7.45. The minimum absolute atomic E-state index is 0.322. The maximum atomic E-state index is 12.4. The molecule has 126 valence electrons. The number of hydrogen-bond acceptors (Lipinski definition) is 3. The molecule has 0 radical (unpaired) electrons. The number of nitrogens with zero attached hydrogens (tertiary/aromatic N) is 2. The van der Waals surface area contributed by atoms with Crippen LogP contribution >= 0.6 is 0 Å². The standard InChI is InChI=1S/C19H29N3O/c1-15-6-5-10-22(15)19(23)9-11-21-13-17(12-20)18(14-21)16-7-3-2-4-8-16/h2-4,7-8,15,17-18H,5-6,9-14,20H2,1H3/t15?,17-,18+/m1/s1. The van der Waals surface area contributed by atoms with Crippen LogP contribution in [0.5, 0.6) is 0 Å². The fourth-order valence-electron chi connectivity index (χ4n) is 4.16. The Morgan fingerprint density at radius 2 is 2.04 bits per heavy atom. The van der Waals surface area contributed by atoms with Gasteiger partial charge in [-0.3, -0.25) is 4.79 Å². The van der Waals surface area contributed by atoms with Crippen LogP contribution in [0.2, 0.25) is 0 Å². The van der Waals surface area contributed by atoms with Gasteiger partial charge in [-0.2, -0.15) is 0 Å². The summed E-state index contributed by atoms with van der Waals surface area (Å²) in [6.07, 6.45) is 2.95. The molecule has 2 fully saturated rings. The summed E-state index contributed by atoms with van der Waals surface area (Å²) in [5.74, 6) is 1.32. The maximum Gasteiger partial charge on any atom is 0.224 e. The Hall–Kier alpha value is -1.39. The molecule has 1 aromatic carbocycles. The molecule has 2 N–H and O–H groups in total. The lowest BCUT2D eigenvalue weighted by molar-refractivity contribution is -0.132. The molecule has 0 aliphatic carbocycles. The van der Waals surface area contributed by atoms with E-state index in [9.17, 15) is 4.79 Å². The van der Waals surface area contributed by atoms with Gasteiger partial charge in [-0.05, 0) is 37.8 Å². The summed E-state index contributed by atoms with van der Waals surface area (Å²) in [6.45, 7) is 6.72. The van der Waals surface area contributed by atoms with Crippen molar-refractivity contribution < 1.29 is 4.79 Å². The van der Waals surface area contributed by atoms with Gasteiger partial charge in [0.05, 0.1) is 0 Å². The fourth-order valence-corrected chi connectivity index (χ4v) is 4.16. The van der Waals surface area contributed by atoms with Crippen LogP contribution in [0.25, 0.3) is 0 Å². The van der Waals surface area contributed by atoms with Gasteiger partial charge >= 0.3 is 0 Å². The van der Waals surface area contributed by atoms with E-state index >= 15 is 0 Å². The Morgan fingerprint density at radius 1 is 1.26 bits per heavy atom. The van der Waals surface area contributed by atoms with Crippen molar-refractivity contribution in [3.63, 3.8) is 0 Å². The first-order valence-corrected chi connectivity index (χ1v) is 8.96. The number of carbonyl (C=O) groups is 1. The minimum atomic E-state index is 0.322. The van der Waals surface area contributed by atoms with E-state index in [1.165, 1.54) is 5.56 Å². The summed E-state index contributed by atoms with van der Waals surface area (Å²) in [5, 5.41) is 0. The van der Waals surface area contributed by atoms with E-state index in [0.717, 1.165) is 39.0 Å². The number of carbonyl (C=O) groups excluding carboxylic acids is 1. The van der Waals surface area contributed by atoms with Crippen LogP contribution in [0, 0.1) is 5.92 Å². The van der Waals surface area contributed by atoms with E-state index in [1.807, 2.05) is 0 Å². The van der Waals surface area contributed by atoms with Crippen LogP contribution in [0.3, 0.4) is 0 Å². The summed E-state index contributed by atoms with van der Waals surface area (Å²) >= 11 is 0. The van der Waals surface area contributed by atoms with Crippen LogP contribution in [-0.2, 0) is 4.79 Å². The van der Waals surface area contributed by atoms with Gasteiger partial charge < -0.3 is 15.5 Å². The van der Waals surface area contributed by atoms with Crippen LogP contribution in [0.15, 0.2) is 30.3 Å². The number of amides is 1. The predicted octanol–water partition coefficient (Wildman–Crippen LogP) is 2.06. The lowest BCUT2D eigenvalue weighted by atomic mass is 9.89. The van der Waals surface area contributed by atoms with Crippen molar-refractivity contribution in [1.82, 2.24) is 9.80 Å². The third-order valence-corrected chi connectivity index (χ3v) is 5.56. The van der Waals surface area contributed by atoms with E-state index in [4.69, 9.17) is 5.73 Å². The van der Waals surface area contributed by atoms with Crippen LogP contribution < -0.4 is 5.73 Å². The van der Waals surface area contributed by atoms with Crippen molar-refractivity contribution in [3.05, 3.63) is 35.9 Å². The normalized spacial score (nSPS) is 28.4. The first kappa shape index (κ1) is 16.5.